The summed E-state index contributed by atoms with van der Waals surface area (Å²) < 4.78 is 6.64. The van der Waals surface area contributed by atoms with Gasteiger partial charge in [-0.1, -0.05) is 12.1 Å². The maximum atomic E-state index is 12.6. The molecule has 0 saturated heterocycles. The highest BCUT2D eigenvalue weighted by atomic mass is 32.1. The van der Waals surface area contributed by atoms with Crippen LogP contribution in [0.15, 0.2) is 60.7 Å². The van der Waals surface area contributed by atoms with Crippen LogP contribution in [-0.2, 0) is 0 Å². The number of phenols is 1. The van der Waals surface area contributed by atoms with Gasteiger partial charge in [-0.05, 0) is 87.1 Å². The molecule has 0 aliphatic rings. The Morgan fingerprint density at radius 1 is 1.12 bits per heavy atom. The Morgan fingerprint density at radius 3 is 2.55 bits per heavy atom. The summed E-state index contributed by atoms with van der Waals surface area (Å²) in [5, 5.41) is 17.2. The first-order valence-electron chi connectivity index (χ1n) is 10.4. The molecule has 1 aromatic heterocycles. The average Bonchev–Trinajstić information content (AvgIpc) is 3.20. The molecular formula is C25H23N3O3S2. The van der Waals surface area contributed by atoms with E-state index in [1.165, 1.54) is 11.3 Å². The largest absolute Gasteiger partial charge is 0.507 e. The van der Waals surface area contributed by atoms with E-state index in [1.807, 2.05) is 38.1 Å². The average molecular weight is 478 g/mol. The van der Waals surface area contributed by atoms with Crippen LogP contribution in [0.1, 0.15) is 29.8 Å². The first-order chi connectivity index (χ1) is 15.8. The Balaban J connectivity index is 1.49. The molecule has 3 N–H and O–H groups in total. The number of rotatable bonds is 5. The number of anilines is 1. The van der Waals surface area contributed by atoms with Gasteiger partial charge >= 0.3 is 0 Å². The zero-order chi connectivity index (χ0) is 23.5. The topological polar surface area (TPSA) is 83.5 Å². The summed E-state index contributed by atoms with van der Waals surface area (Å²) >= 11 is 6.84. The zero-order valence-corrected chi connectivity index (χ0v) is 20.0. The van der Waals surface area contributed by atoms with Gasteiger partial charge in [-0.3, -0.25) is 10.1 Å². The number of benzene rings is 3. The van der Waals surface area contributed by atoms with Gasteiger partial charge < -0.3 is 15.2 Å². The van der Waals surface area contributed by atoms with Crippen molar-refractivity contribution in [2.24, 2.45) is 0 Å². The van der Waals surface area contributed by atoms with E-state index in [9.17, 15) is 9.90 Å². The summed E-state index contributed by atoms with van der Waals surface area (Å²) in [4.78, 5) is 17.2. The van der Waals surface area contributed by atoms with Crippen molar-refractivity contribution < 1.29 is 14.6 Å². The van der Waals surface area contributed by atoms with E-state index in [2.05, 4.69) is 15.6 Å². The number of phenolic OH excluding ortho intramolecular Hbond substituents is 1. The molecule has 0 bridgehead atoms. The fraction of sp³-hybridized carbons (Fsp3) is 0.160. The van der Waals surface area contributed by atoms with Crippen LogP contribution in [0.25, 0.3) is 20.8 Å². The molecule has 0 unspecified atom stereocenters. The van der Waals surface area contributed by atoms with Crippen LogP contribution in [0.2, 0.25) is 0 Å². The highest BCUT2D eigenvalue weighted by molar-refractivity contribution is 7.80. The van der Waals surface area contributed by atoms with Crippen LogP contribution >= 0.6 is 23.6 Å². The van der Waals surface area contributed by atoms with Crippen molar-refractivity contribution in [1.82, 2.24) is 10.3 Å². The van der Waals surface area contributed by atoms with Crippen molar-refractivity contribution in [2.75, 3.05) is 5.32 Å². The number of hydrogen-bond donors (Lipinski definition) is 3. The van der Waals surface area contributed by atoms with Gasteiger partial charge in [0, 0.05) is 11.3 Å². The van der Waals surface area contributed by atoms with E-state index in [-0.39, 0.29) is 22.9 Å². The summed E-state index contributed by atoms with van der Waals surface area (Å²) in [5.41, 5.74) is 3.26. The summed E-state index contributed by atoms with van der Waals surface area (Å²) in [5.74, 6) is 0.535. The summed E-state index contributed by atoms with van der Waals surface area (Å²) in [6.07, 6.45) is 0.0582. The lowest BCUT2D eigenvalue weighted by molar-refractivity contribution is 0.0977. The molecule has 1 amide bonds. The third-order valence-corrected chi connectivity index (χ3v) is 6.07. The number of nitrogens with zero attached hydrogens (tertiary/aromatic N) is 1. The van der Waals surface area contributed by atoms with Gasteiger partial charge in [-0.15, -0.1) is 11.3 Å². The second-order valence-corrected chi connectivity index (χ2v) is 9.21. The van der Waals surface area contributed by atoms with Crippen LogP contribution in [0.4, 0.5) is 5.69 Å². The maximum Gasteiger partial charge on any atom is 0.257 e. The molecule has 33 heavy (non-hydrogen) atoms. The Labute approximate surface area is 201 Å². The lowest BCUT2D eigenvalue weighted by Gasteiger charge is -2.13. The monoisotopic (exact) mass is 477 g/mol. The lowest BCUT2D eigenvalue weighted by Crippen LogP contribution is -2.34. The molecule has 4 rings (SSSR count). The Hall–Kier alpha value is -3.49. The Kier molecular flexibility index (Phi) is 6.57. The Bertz CT molecular complexity index is 1300. The van der Waals surface area contributed by atoms with E-state index in [1.54, 1.807) is 43.3 Å². The zero-order valence-electron chi connectivity index (χ0n) is 18.4. The van der Waals surface area contributed by atoms with Gasteiger partial charge in [0.15, 0.2) is 5.11 Å². The van der Waals surface area contributed by atoms with Crippen LogP contribution in [0, 0.1) is 6.92 Å². The van der Waals surface area contributed by atoms with Crippen molar-refractivity contribution in [1.29, 1.82) is 0 Å². The highest BCUT2D eigenvalue weighted by Gasteiger charge is 2.15. The van der Waals surface area contributed by atoms with Gasteiger partial charge in [0.25, 0.3) is 5.91 Å². The molecule has 4 aromatic rings. The molecule has 0 aliphatic heterocycles. The normalized spacial score (nSPS) is 10.9. The van der Waals surface area contributed by atoms with Gasteiger partial charge in [-0.2, -0.15) is 0 Å². The molecule has 0 spiro atoms. The number of amides is 1. The number of aryl methyl sites for hydroxylation is 1. The molecule has 0 radical (unpaired) electrons. The third kappa shape index (κ3) is 5.30. The van der Waals surface area contributed by atoms with Crippen molar-refractivity contribution in [2.45, 2.75) is 26.9 Å². The number of fused-ring (bicyclic) bond motifs is 1. The molecule has 0 saturated carbocycles. The second-order valence-electron chi connectivity index (χ2n) is 7.78. The number of hydrogen-bond acceptors (Lipinski definition) is 6. The van der Waals surface area contributed by atoms with Crippen LogP contribution < -0.4 is 15.4 Å². The van der Waals surface area contributed by atoms with E-state index in [4.69, 9.17) is 17.0 Å². The minimum absolute atomic E-state index is 0.0582. The first-order valence-corrected chi connectivity index (χ1v) is 11.6. The smallest absolute Gasteiger partial charge is 0.257 e. The molecule has 0 atom stereocenters. The SMILES string of the molecule is Cc1cc(NC(=S)NC(=O)c2ccc(OC(C)C)cc2)cc(-c2nc3ccccc3s2)c1O. The Morgan fingerprint density at radius 2 is 1.85 bits per heavy atom. The molecule has 0 aliphatic carbocycles. The number of para-hydroxylation sites is 1. The number of thiocarbonyl (C=S) groups is 1. The van der Waals surface area contributed by atoms with Gasteiger partial charge in [-0.25, -0.2) is 4.98 Å². The van der Waals surface area contributed by atoms with E-state index < -0.39 is 0 Å². The number of aromatic nitrogens is 1. The van der Waals surface area contributed by atoms with Gasteiger partial charge in [0.05, 0.1) is 21.9 Å². The van der Waals surface area contributed by atoms with Gasteiger partial charge in [0.2, 0.25) is 0 Å². The molecule has 6 nitrogen and oxygen atoms in total. The van der Waals surface area contributed by atoms with E-state index >= 15 is 0 Å². The second kappa shape index (κ2) is 9.56. The van der Waals surface area contributed by atoms with E-state index in [0.29, 0.717) is 33.1 Å². The molecule has 1 heterocycles. The summed E-state index contributed by atoms with van der Waals surface area (Å²) in [7, 11) is 0. The third-order valence-electron chi connectivity index (χ3n) is 4.80. The van der Waals surface area contributed by atoms with Crippen molar-refractivity contribution in [3.63, 3.8) is 0 Å². The lowest BCUT2D eigenvalue weighted by atomic mass is 10.1. The molecular weight excluding hydrogens is 454 g/mol. The number of ether oxygens (including phenoxy) is 1. The number of nitrogens with one attached hydrogen (secondary N) is 2. The van der Waals surface area contributed by atoms with Crippen molar-refractivity contribution in [3.8, 4) is 22.1 Å². The van der Waals surface area contributed by atoms with Crippen molar-refractivity contribution in [3.05, 3.63) is 71.8 Å². The van der Waals surface area contributed by atoms with Crippen LogP contribution in [0.5, 0.6) is 11.5 Å². The quantitative estimate of drug-likeness (QED) is 0.246. The predicted molar refractivity (Wildman–Crippen MR) is 137 cm³/mol. The predicted octanol–water partition coefficient (Wildman–Crippen LogP) is 5.89. The molecule has 8 heteroatoms. The summed E-state index contributed by atoms with van der Waals surface area (Å²) in [6.45, 7) is 5.69. The van der Waals surface area contributed by atoms with Crippen molar-refractivity contribution >= 4 is 50.5 Å². The number of aromatic hydroxyl groups is 1. The standard InChI is InChI=1S/C25H23N3O3S2/c1-14(2)31-18-10-8-16(9-11-18)23(30)28-25(32)26-17-12-15(3)22(29)19(13-17)24-27-20-6-4-5-7-21(20)33-24/h4-14,29H,1-3H3,(H2,26,28,30,32). The fourth-order valence-corrected chi connectivity index (χ4v) is 4.49. The summed E-state index contributed by atoms with van der Waals surface area (Å²) in [6, 6.07) is 18.2. The van der Waals surface area contributed by atoms with Crippen LogP contribution in [-0.4, -0.2) is 27.2 Å². The molecule has 168 valence electrons. The minimum atomic E-state index is -0.328. The van der Waals surface area contributed by atoms with E-state index in [0.717, 1.165) is 10.2 Å². The first kappa shape index (κ1) is 22.7. The number of carbonyl (C=O) groups is 1. The molecule has 3 aromatic carbocycles. The number of thiazole rings is 1. The van der Waals surface area contributed by atoms with Crippen LogP contribution in [0.3, 0.4) is 0 Å². The molecule has 0 fully saturated rings. The fourth-order valence-electron chi connectivity index (χ4n) is 3.30. The van der Waals surface area contributed by atoms with Gasteiger partial charge in [0.1, 0.15) is 16.5 Å². The minimum Gasteiger partial charge on any atom is -0.507 e. The maximum absolute atomic E-state index is 12.6. The number of carbonyl (C=O) groups excluding carboxylic acids is 1. The highest BCUT2D eigenvalue weighted by Crippen LogP contribution is 2.38.